The molecule has 2 aliphatic rings. The van der Waals surface area contributed by atoms with Gasteiger partial charge in [-0.15, -0.1) is 11.3 Å². The number of aromatic nitrogens is 2. The Balaban J connectivity index is 1.33. The van der Waals surface area contributed by atoms with Gasteiger partial charge in [0.1, 0.15) is 17.4 Å². The van der Waals surface area contributed by atoms with Gasteiger partial charge in [-0.3, -0.25) is 33.7 Å². The number of anilines is 1. The molecule has 9 N–H and O–H groups in total. The molecule has 0 unspecified atom stereocenters. The maximum absolute atomic E-state index is 13.1. The van der Waals surface area contributed by atoms with E-state index in [-0.39, 0.29) is 19.9 Å². The van der Waals surface area contributed by atoms with E-state index in [9.17, 15) is 62.2 Å². The highest BCUT2D eigenvalue weighted by Gasteiger charge is 2.51. The molecule has 280 valence electrons. The van der Waals surface area contributed by atoms with Crippen molar-refractivity contribution in [3.05, 3.63) is 39.3 Å². The number of amides is 7. The molecule has 2 aromatic rings. The smallest absolute Gasteiger partial charge is 0.350 e. The zero-order chi connectivity index (χ0) is 38.9. The largest absolute Gasteiger partial charge is 0.503 e. The lowest BCUT2D eigenvalue weighted by atomic mass is 9.97. The molecule has 26 heteroatoms. The summed E-state index contributed by atoms with van der Waals surface area (Å²) in [4.78, 5) is 108. The van der Waals surface area contributed by atoms with E-state index < -0.39 is 118 Å². The molecule has 24 nitrogen and oxygen atoms in total. The highest BCUT2D eigenvalue weighted by Crippen LogP contribution is 2.22. The lowest BCUT2D eigenvalue weighted by molar-refractivity contribution is -0.161. The zero-order valence-corrected chi connectivity index (χ0v) is 28.7. The summed E-state index contributed by atoms with van der Waals surface area (Å²) >= 11 is 0.918. The van der Waals surface area contributed by atoms with Crippen molar-refractivity contribution >= 4 is 73.9 Å². The Morgan fingerprint density at radius 2 is 1.85 bits per heavy atom. The number of rotatable bonds is 12. The van der Waals surface area contributed by atoms with Crippen molar-refractivity contribution in [2.24, 2.45) is 5.16 Å². The molecule has 2 aromatic heterocycles. The van der Waals surface area contributed by atoms with Gasteiger partial charge in [-0.1, -0.05) is 5.16 Å². The van der Waals surface area contributed by atoms with Crippen LogP contribution in [0.3, 0.4) is 0 Å². The second-order valence-corrected chi connectivity index (χ2v) is 14.0. The van der Waals surface area contributed by atoms with Crippen LogP contribution in [0.5, 0.6) is 5.75 Å². The van der Waals surface area contributed by atoms with Crippen molar-refractivity contribution in [3.63, 3.8) is 0 Å². The van der Waals surface area contributed by atoms with Gasteiger partial charge in [-0.2, -0.15) is 13.1 Å². The number of aromatic hydroxyl groups is 1. The van der Waals surface area contributed by atoms with Crippen molar-refractivity contribution < 1.29 is 62.2 Å². The Labute approximate surface area is 295 Å². The fourth-order valence-corrected chi connectivity index (χ4v) is 6.23. The number of urea groups is 1. The molecular weight excluding hydrogens is 740 g/mol. The number of β-lactam (4-membered cyclic amide) rings is 1. The predicted octanol–water partition coefficient (Wildman–Crippen LogP) is -3.77. The third kappa shape index (κ3) is 8.18. The number of likely N-dealkylation sites (tertiary alicyclic amines) is 1. The number of nitrogen functional groups attached to an aromatic ring is 1. The van der Waals surface area contributed by atoms with Gasteiger partial charge in [0, 0.05) is 17.9 Å². The van der Waals surface area contributed by atoms with Gasteiger partial charge in [-0.25, -0.2) is 23.6 Å². The zero-order valence-electron chi connectivity index (χ0n) is 27.0. The summed E-state index contributed by atoms with van der Waals surface area (Å²) < 4.78 is 27.9. The number of pyridine rings is 1. The van der Waals surface area contributed by atoms with Gasteiger partial charge < -0.3 is 41.9 Å². The minimum Gasteiger partial charge on any atom is -0.503 e. The highest BCUT2D eigenvalue weighted by atomic mass is 32.2. The minimum atomic E-state index is -4.94. The topological polar surface area (TPSA) is 351 Å². The van der Waals surface area contributed by atoms with Crippen LogP contribution in [0.1, 0.15) is 43.4 Å². The lowest BCUT2D eigenvalue weighted by Crippen LogP contribution is -2.73. The minimum absolute atomic E-state index is 0.0210. The van der Waals surface area contributed by atoms with Crippen molar-refractivity contribution in [1.82, 2.24) is 39.6 Å². The fraction of sp³-hybridized carbons (Fsp3) is 0.385. The quantitative estimate of drug-likeness (QED) is 0.0444. The molecule has 0 spiro atoms. The monoisotopic (exact) mass is 770 g/mol. The van der Waals surface area contributed by atoms with Gasteiger partial charge in [0.25, 0.3) is 17.7 Å². The Morgan fingerprint density at radius 3 is 2.44 bits per heavy atom. The number of thiazole rings is 1. The summed E-state index contributed by atoms with van der Waals surface area (Å²) in [5.74, 6) is -7.44. The number of nitrogens with two attached hydrogens (primary N) is 1. The highest BCUT2D eigenvalue weighted by molar-refractivity contribution is 7.88. The van der Waals surface area contributed by atoms with Crippen LogP contribution in [-0.2, 0) is 39.0 Å². The number of aliphatic carboxylic acids is 1. The number of carboxylic acid groups (broad SMARTS) is 1. The van der Waals surface area contributed by atoms with Crippen molar-refractivity contribution in [2.75, 3.05) is 18.8 Å². The molecule has 0 bridgehead atoms. The Bertz CT molecular complexity index is 2060. The van der Waals surface area contributed by atoms with Crippen LogP contribution >= 0.6 is 11.3 Å². The maximum Gasteiger partial charge on any atom is 0.350 e. The number of nitrogens with zero attached hydrogens (tertiary/aromatic N) is 5. The fourth-order valence-electron chi connectivity index (χ4n) is 4.54. The van der Waals surface area contributed by atoms with Gasteiger partial charge in [-0.05, 0) is 20.8 Å². The summed E-state index contributed by atoms with van der Waals surface area (Å²) in [6, 6.07) is -4.54. The molecule has 2 fully saturated rings. The van der Waals surface area contributed by atoms with E-state index in [2.05, 4.69) is 26.1 Å². The average molecular weight is 771 g/mol. The van der Waals surface area contributed by atoms with E-state index >= 15 is 0 Å². The van der Waals surface area contributed by atoms with Crippen molar-refractivity contribution in [1.29, 1.82) is 0 Å². The van der Waals surface area contributed by atoms with Crippen LogP contribution in [0.4, 0.5) is 9.93 Å². The average Bonchev–Trinajstić information content (AvgIpc) is 3.65. The van der Waals surface area contributed by atoms with E-state index in [4.69, 9.17) is 10.6 Å². The molecule has 2 aliphatic heterocycles. The first-order chi connectivity index (χ1) is 24.1. The van der Waals surface area contributed by atoms with E-state index in [0.29, 0.717) is 17.2 Å². The number of imide groups is 1. The maximum atomic E-state index is 13.1. The molecule has 0 aromatic carbocycles. The normalized spacial score (nSPS) is 19.1. The van der Waals surface area contributed by atoms with Crippen LogP contribution in [-0.4, -0.2) is 127 Å². The van der Waals surface area contributed by atoms with Gasteiger partial charge in [0.15, 0.2) is 16.6 Å². The van der Waals surface area contributed by atoms with E-state index in [1.165, 1.54) is 12.3 Å². The Hall–Kier alpha value is -6.31. The van der Waals surface area contributed by atoms with Gasteiger partial charge in [0.2, 0.25) is 22.8 Å². The molecular formula is C26H30N10O14S2. The third-order valence-corrected chi connectivity index (χ3v) is 9.41. The molecule has 2 saturated heterocycles. The number of hydrogen-bond donors (Lipinski definition) is 8. The van der Waals surface area contributed by atoms with Crippen LogP contribution in [0.15, 0.2) is 27.6 Å². The first-order valence-corrected chi connectivity index (χ1v) is 16.9. The van der Waals surface area contributed by atoms with Crippen LogP contribution in [0.2, 0.25) is 0 Å². The van der Waals surface area contributed by atoms with E-state index in [1.54, 1.807) is 4.72 Å². The first kappa shape index (κ1) is 38.5. The van der Waals surface area contributed by atoms with Crippen LogP contribution < -0.4 is 31.8 Å². The van der Waals surface area contributed by atoms with Crippen LogP contribution in [0.25, 0.3) is 0 Å². The van der Waals surface area contributed by atoms with E-state index in [0.717, 1.165) is 25.2 Å². The van der Waals surface area contributed by atoms with Crippen molar-refractivity contribution in [2.45, 2.75) is 50.9 Å². The Morgan fingerprint density at radius 1 is 1.17 bits per heavy atom. The molecule has 7 amide bonds. The number of carboxylic acids is 1. The summed E-state index contributed by atoms with van der Waals surface area (Å²) in [5.41, 5.74) is 1.46. The second kappa shape index (κ2) is 14.5. The van der Waals surface area contributed by atoms with Crippen molar-refractivity contribution in [3.8, 4) is 5.75 Å². The molecule has 52 heavy (non-hydrogen) atoms. The number of carbonyl (C=O) groups is 7. The summed E-state index contributed by atoms with van der Waals surface area (Å²) in [6.45, 7) is 2.20. The Kier molecular flexibility index (Phi) is 10.7. The lowest BCUT2D eigenvalue weighted by Gasteiger charge is -2.43. The number of hydrogen-bond acceptors (Lipinski definition) is 17. The molecule has 4 rings (SSSR count). The summed E-state index contributed by atoms with van der Waals surface area (Å²) in [6.07, 6.45) is 0.0141. The number of nitrogens with one attached hydrogen (secondary N) is 4. The molecule has 3 atom stereocenters. The summed E-state index contributed by atoms with van der Waals surface area (Å²) in [7, 11) is -4.94. The molecule has 0 radical (unpaired) electrons. The standard InChI is InChI=1S/C26H30N10O14S2/c1-10-18(31-21(42)19(12-9-51-24(27)30-12)32-50-26(2,3)23(44)45)22(43)36(10)25(46)33-52(48,49)35-7-11(4-17(35)40)29-16(39)6-28-20(41)13-5-14(37)15(38)8-34(13)47/h5,8-11,18,38,47H,4,6-7H2,1-3H3,(H2,27,30)(H,28,41)(H,29,39)(H,31,42)(H,33,46)(H,44,45)/b32-19-/t10-,11-,18-/m0/s1. The predicted molar refractivity (Wildman–Crippen MR) is 172 cm³/mol. The van der Waals surface area contributed by atoms with Gasteiger partial charge >= 0.3 is 22.2 Å². The third-order valence-electron chi connectivity index (χ3n) is 7.37. The molecule has 0 saturated carbocycles. The van der Waals surface area contributed by atoms with E-state index in [1.807, 2.05) is 0 Å². The number of carbonyl (C=O) groups excluding carboxylic acids is 6. The summed E-state index contributed by atoms with van der Waals surface area (Å²) in [5, 5.41) is 39.9. The SMILES string of the molecule is C[C@H]1[C@H](NC(=O)/C(=N\OC(C)(C)C(=O)O)c2csc(N)n2)C(=O)N1C(=O)NS(=O)(=O)N1C[C@@H](NC(=O)CNC(=O)c2cc(=O)c(O)cn2O)CC1=O. The first-order valence-electron chi connectivity index (χ1n) is 14.6. The molecule has 4 heterocycles. The van der Waals surface area contributed by atoms with Gasteiger partial charge in [0.05, 0.1) is 31.4 Å². The van der Waals surface area contributed by atoms with Crippen LogP contribution in [0, 0.1) is 0 Å². The number of oxime groups is 1. The second-order valence-electron chi connectivity index (χ2n) is 11.6. The molecule has 0 aliphatic carbocycles.